The van der Waals surface area contributed by atoms with Crippen LogP contribution in [0.15, 0.2) is 24.3 Å². The molecule has 0 aliphatic rings. The number of benzene rings is 1. The van der Waals surface area contributed by atoms with Crippen LogP contribution in [0.4, 0.5) is 5.69 Å². The first-order valence-corrected chi connectivity index (χ1v) is 7.65. The van der Waals surface area contributed by atoms with Gasteiger partial charge in [0.15, 0.2) is 5.78 Å². The van der Waals surface area contributed by atoms with E-state index in [0.29, 0.717) is 12.5 Å². The average molecular weight is 269 g/mol. The second-order valence-corrected chi connectivity index (χ2v) is 5.90. The third kappa shape index (κ3) is 4.64. The molecule has 0 spiro atoms. The van der Waals surface area contributed by atoms with Gasteiger partial charge in [-0.05, 0) is 32.4 Å². The summed E-state index contributed by atoms with van der Waals surface area (Å²) in [5, 5.41) is 3.29. The summed E-state index contributed by atoms with van der Waals surface area (Å²) in [7, 11) is 1.30. The molecule has 0 amide bonds. The van der Waals surface area contributed by atoms with Crippen molar-refractivity contribution in [2.24, 2.45) is 0 Å². The van der Waals surface area contributed by atoms with Crippen molar-refractivity contribution in [2.75, 3.05) is 5.32 Å². The second-order valence-electron chi connectivity index (χ2n) is 4.35. The zero-order chi connectivity index (χ0) is 12.8. The van der Waals surface area contributed by atoms with Gasteiger partial charge in [0.05, 0.1) is 5.25 Å². The lowest BCUT2D eigenvalue weighted by molar-refractivity contribution is -0.117. The van der Waals surface area contributed by atoms with E-state index in [0.717, 1.165) is 11.3 Å². The van der Waals surface area contributed by atoms with Crippen LogP contribution < -0.4 is 5.32 Å². The van der Waals surface area contributed by atoms with Crippen LogP contribution in [-0.4, -0.2) is 17.1 Å². The van der Waals surface area contributed by atoms with Gasteiger partial charge in [-0.15, -0.1) is 11.7 Å². The van der Waals surface area contributed by atoms with Crippen LogP contribution in [0.1, 0.15) is 26.3 Å². The monoisotopic (exact) mass is 269 g/mol. The molecule has 0 aliphatic heterocycles. The van der Waals surface area contributed by atoms with Crippen LogP contribution in [0.3, 0.4) is 0 Å². The van der Waals surface area contributed by atoms with Crippen LogP contribution in [0.2, 0.25) is 0 Å². The normalized spacial score (nSPS) is 12.5. The van der Waals surface area contributed by atoms with Gasteiger partial charge in [0.25, 0.3) is 0 Å². The molecule has 1 N–H and O–H groups in total. The molecule has 0 fully saturated rings. The third-order valence-electron chi connectivity index (χ3n) is 2.44. The van der Waals surface area contributed by atoms with E-state index in [2.05, 4.69) is 30.8 Å². The summed E-state index contributed by atoms with van der Waals surface area (Å²) in [6.45, 7) is 6.06. The van der Waals surface area contributed by atoms with Crippen molar-refractivity contribution >= 4 is 33.9 Å². The zero-order valence-corrected chi connectivity index (χ0v) is 12.1. The van der Waals surface area contributed by atoms with Crippen LogP contribution >= 0.6 is 22.5 Å². The predicted octanol–water partition coefficient (Wildman–Crippen LogP) is 3.59. The number of nitrogens with one attached hydrogen (secondary N) is 1. The maximum Gasteiger partial charge on any atom is 0.150 e. The van der Waals surface area contributed by atoms with Gasteiger partial charge in [0.2, 0.25) is 0 Å². The maximum atomic E-state index is 11.9. The van der Waals surface area contributed by atoms with Gasteiger partial charge in [-0.2, -0.15) is 0 Å². The summed E-state index contributed by atoms with van der Waals surface area (Å²) in [6, 6.07) is 8.32. The summed E-state index contributed by atoms with van der Waals surface area (Å²) < 4.78 is 0. The Hall–Kier alpha value is -0.610. The fraction of sp³-hybridized carbons (Fsp3) is 0.462. The summed E-state index contributed by atoms with van der Waals surface area (Å²) >= 11 is 4.08. The van der Waals surface area contributed by atoms with Gasteiger partial charge < -0.3 is 5.32 Å². The molecule has 0 aliphatic carbocycles. The summed E-state index contributed by atoms with van der Waals surface area (Å²) in [6.07, 6.45) is 0.463. The van der Waals surface area contributed by atoms with E-state index in [1.165, 1.54) is 10.8 Å². The quantitative estimate of drug-likeness (QED) is 0.611. The Labute approximate surface area is 112 Å². The molecule has 1 aromatic carbocycles. The molecule has 0 saturated heterocycles. The fourth-order valence-electron chi connectivity index (χ4n) is 1.52. The van der Waals surface area contributed by atoms with E-state index in [1.54, 1.807) is 0 Å². The lowest BCUT2D eigenvalue weighted by Gasteiger charge is -2.15. The van der Waals surface area contributed by atoms with Gasteiger partial charge in [-0.25, -0.2) is 0 Å². The molecule has 0 radical (unpaired) electrons. The molecule has 2 nitrogen and oxygen atoms in total. The smallest absolute Gasteiger partial charge is 0.150 e. The summed E-state index contributed by atoms with van der Waals surface area (Å²) in [4.78, 5) is 11.9. The largest absolute Gasteiger partial charge is 0.383 e. The number of ketones is 1. The Morgan fingerprint density at radius 1 is 1.35 bits per heavy atom. The van der Waals surface area contributed by atoms with Crippen molar-refractivity contribution in [3.05, 3.63) is 29.8 Å². The molecule has 0 aromatic heterocycles. The molecule has 0 bridgehead atoms. The molecule has 17 heavy (non-hydrogen) atoms. The van der Waals surface area contributed by atoms with Gasteiger partial charge >= 0.3 is 0 Å². The van der Waals surface area contributed by atoms with Gasteiger partial charge in [-0.1, -0.05) is 29.0 Å². The number of hydrogen-bond acceptors (Lipinski definition) is 4. The first kappa shape index (κ1) is 14.5. The molecule has 4 heteroatoms. The van der Waals surface area contributed by atoms with E-state index in [4.69, 9.17) is 0 Å². The van der Waals surface area contributed by atoms with Crippen molar-refractivity contribution in [3.8, 4) is 0 Å². The average Bonchev–Trinajstić information content (AvgIpc) is 2.29. The first-order valence-electron chi connectivity index (χ1n) is 5.72. The molecule has 1 aromatic rings. The Balaban J connectivity index is 2.79. The number of para-hydroxylation sites is 1. The van der Waals surface area contributed by atoms with E-state index >= 15 is 0 Å². The minimum absolute atomic E-state index is 0.0644. The van der Waals surface area contributed by atoms with Crippen LogP contribution in [0.25, 0.3) is 0 Å². The molecule has 0 saturated carbocycles. The van der Waals surface area contributed by atoms with Crippen molar-refractivity contribution in [2.45, 2.75) is 38.5 Å². The van der Waals surface area contributed by atoms with Gasteiger partial charge in [0.1, 0.15) is 0 Å². The Morgan fingerprint density at radius 3 is 2.59 bits per heavy atom. The Morgan fingerprint density at radius 2 is 2.00 bits per heavy atom. The SMILES string of the molecule is CC(C)Nc1ccccc1CC(=O)C(C)SS. The van der Waals surface area contributed by atoms with Crippen LogP contribution in [0.5, 0.6) is 0 Å². The van der Waals surface area contributed by atoms with Crippen LogP contribution in [0, 0.1) is 0 Å². The summed E-state index contributed by atoms with van der Waals surface area (Å²) in [5.74, 6) is 0.211. The maximum absolute atomic E-state index is 11.9. The lowest BCUT2D eigenvalue weighted by atomic mass is 10.0. The molecular formula is C13H19NOS2. The minimum Gasteiger partial charge on any atom is -0.383 e. The molecule has 1 atom stereocenters. The second kappa shape index (κ2) is 6.97. The number of Topliss-reactive ketones (excluding diaryl/α,β-unsaturated/α-hetero) is 1. The highest BCUT2D eigenvalue weighted by Crippen LogP contribution is 2.21. The van der Waals surface area contributed by atoms with Gasteiger partial charge in [0, 0.05) is 18.2 Å². The number of carbonyl (C=O) groups excluding carboxylic acids is 1. The van der Waals surface area contributed by atoms with Gasteiger partial charge in [-0.3, -0.25) is 4.79 Å². The molecular weight excluding hydrogens is 250 g/mol. The minimum atomic E-state index is -0.0644. The first-order chi connectivity index (χ1) is 8.04. The lowest BCUT2D eigenvalue weighted by Crippen LogP contribution is -2.17. The highest BCUT2D eigenvalue weighted by Gasteiger charge is 2.14. The number of carbonyl (C=O) groups is 1. The van der Waals surface area contributed by atoms with Crippen molar-refractivity contribution in [3.63, 3.8) is 0 Å². The van der Waals surface area contributed by atoms with Crippen molar-refractivity contribution < 1.29 is 4.79 Å². The fourth-order valence-corrected chi connectivity index (χ4v) is 2.07. The molecule has 0 heterocycles. The van der Waals surface area contributed by atoms with Crippen LogP contribution in [-0.2, 0) is 11.2 Å². The van der Waals surface area contributed by atoms with Crippen molar-refractivity contribution in [1.29, 1.82) is 0 Å². The number of hydrogen-bond donors (Lipinski definition) is 2. The Kier molecular flexibility index (Phi) is 5.92. The van der Waals surface area contributed by atoms with E-state index in [-0.39, 0.29) is 11.0 Å². The number of anilines is 1. The zero-order valence-electron chi connectivity index (χ0n) is 10.4. The third-order valence-corrected chi connectivity index (χ3v) is 3.97. The van der Waals surface area contributed by atoms with Crippen molar-refractivity contribution in [1.82, 2.24) is 0 Å². The van der Waals surface area contributed by atoms with E-state index in [9.17, 15) is 4.79 Å². The van der Waals surface area contributed by atoms with E-state index < -0.39 is 0 Å². The standard InChI is InChI=1S/C13H19NOS2/c1-9(2)14-12-7-5-4-6-11(12)8-13(15)10(3)17-16/h4-7,9-10,14,16H,8H2,1-3H3. The number of rotatable bonds is 6. The topological polar surface area (TPSA) is 29.1 Å². The highest BCUT2D eigenvalue weighted by atomic mass is 33.1. The Bertz CT molecular complexity index is 379. The highest BCUT2D eigenvalue weighted by molar-refractivity contribution is 8.69. The molecule has 1 unspecified atom stereocenters. The molecule has 94 valence electrons. The van der Waals surface area contributed by atoms with E-state index in [1.807, 2.05) is 31.2 Å². The number of thiol groups is 1. The molecule has 1 rings (SSSR count). The summed E-state index contributed by atoms with van der Waals surface area (Å²) in [5.41, 5.74) is 2.10. The predicted molar refractivity (Wildman–Crippen MR) is 80.0 cm³/mol.